The highest BCUT2D eigenvalue weighted by atomic mass is 16.5. The van der Waals surface area contributed by atoms with Crippen molar-refractivity contribution in [3.8, 4) is 11.5 Å². The Morgan fingerprint density at radius 1 is 1.06 bits per heavy atom. The minimum atomic E-state index is -0.778. The monoisotopic (exact) mass is 455 g/mol. The standard InChI is InChI=1S/C28H25NO5/c1-17-6-3-7-19(14-17)25-24(26(30)20-11-12-23-18(15-20)8-5-13-34-23)27(31)28(32)29(25)21-9-4-10-22(16-21)33-2/h3-4,6-7,9-12,14-16,25,30H,5,8,13H2,1-2H3/b26-24-. The molecule has 0 radical (unpaired) electrons. The van der Waals surface area contributed by atoms with E-state index in [0.29, 0.717) is 23.6 Å². The van der Waals surface area contributed by atoms with E-state index in [1.54, 1.807) is 37.4 Å². The zero-order valence-corrected chi connectivity index (χ0v) is 19.1. The van der Waals surface area contributed by atoms with Gasteiger partial charge in [-0.3, -0.25) is 14.5 Å². The average Bonchev–Trinajstić information content (AvgIpc) is 3.13. The van der Waals surface area contributed by atoms with E-state index in [4.69, 9.17) is 9.47 Å². The number of hydrogen-bond donors (Lipinski definition) is 1. The Morgan fingerprint density at radius 2 is 1.88 bits per heavy atom. The molecule has 2 heterocycles. The molecule has 6 nitrogen and oxygen atoms in total. The van der Waals surface area contributed by atoms with Gasteiger partial charge >= 0.3 is 0 Å². The number of nitrogens with zero attached hydrogens (tertiary/aromatic N) is 1. The summed E-state index contributed by atoms with van der Waals surface area (Å²) in [6.45, 7) is 2.61. The first-order valence-electron chi connectivity index (χ1n) is 11.3. The van der Waals surface area contributed by atoms with E-state index in [2.05, 4.69) is 0 Å². The molecule has 1 saturated heterocycles. The lowest BCUT2D eigenvalue weighted by Gasteiger charge is -2.26. The average molecular weight is 456 g/mol. The van der Waals surface area contributed by atoms with Crippen LogP contribution >= 0.6 is 0 Å². The van der Waals surface area contributed by atoms with Gasteiger partial charge in [-0.2, -0.15) is 0 Å². The van der Waals surface area contributed by atoms with E-state index in [0.717, 1.165) is 35.3 Å². The van der Waals surface area contributed by atoms with Crippen LogP contribution in [0, 0.1) is 6.92 Å². The number of benzene rings is 3. The molecule has 34 heavy (non-hydrogen) atoms. The molecule has 0 aliphatic carbocycles. The third kappa shape index (κ3) is 3.71. The Kier molecular flexibility index (Phi) is 5.57. The molecule has 6 heteroatoms. The maximum atomic E-state index is 13.4. The van der Waals surface area contributed by atoms with Crippen molar-refractivity contribution in [2.24, 2.45) is 0 Å². The number of carbonyl (C=O) groups is 2. The van der Waals surface area contributed by atoms with Gasteiger partial charge in [0.15, 0.2) is 0 Å². The van der Waals surface area contributed by atoms with Crippen molar-refractivity contribution in [1.29, 1.82) is 0 Å². The van der Waals surface area contributed by atoms with E-state index >= 15 is 0 Å². The van der Waals surface area contributed by atoms with Crippen molar-refractivity contribution >= 4 is 23.1 Å². The number of methoxy groups -OCH3 is 1. The Bertz CT molecular complexity index is 1330. The smallest absolute Gasteiger partial charge is 0.300 e. The molecular weight excluding hydrogens is 430 g/mol. The molecule has 0 spiro atoms. The SMILES string of the molecule is COc1cccc(N2C(=O)C(=O)/C(=C(\O)c3ccc4c(c3)CCCO4)C2c2cccc(C)c2)c1. The van der Waals surface area contributed by atoms with Crippen LogP contribution in [-0.2, 0) is 16.0 Å². The van der Waals surface area contributed by atoms with Gasteiger partial charge in [-0.1, -0.05) is 35.9 Å². The highest BCUT2D eigenvalue weighted by molar-refractivity contribution is 6.51. The molecule has 1 unspecified atom stereocenters. The lowest BCUT2D eigenvalue weighted by Crippen LogP contribution is -2.29. The summed E-state index contributed by atoms with van der Waals surface area (Å²) in [6, 6.07) is 19.2. The Morgan fingerprint density at radius 3 is 2.68 bits per heavy atom. The normalized spacial score (nSPS) is 19.0. The van der Waals surface area contributed by atoms with Gasteiger partial charge in [-0.15, -0.1) is 0 Å². The summed E-state index contributed by atoms with van der Waals surface area (Å²) in [6.07, 6.45) is 1.72. The zero-order valence-electron chi connectivity index (χ0n) is 19.1. The van der Waals surface area contributed by atoms with Gasteiger partial charge in [-0.25, -0.2) is 0 Å². The first-order chi connectivity index (χ1) is 16.5. The van der Waals surface area contributed by atoms with Gasteiger partial charge < -0.3 is 14.6 Å². The Hall–Kier alpha value is -4.06. The molecule has 1 fully saturated rings. The molecule has 2 aliphatic heterocycles. The molecule has 3 aromatic rings. The predicted molar refractivity (Wildman–Crippen MR) is 129 cm³/mol. The van der Waals surface area contributed by atoms with Crippen LogP contribution in [0.5, 0.6) is 11.5 Å². The van der Waals surface area contributed by atoms with Crippen LogP contribution < -0.4 is 14.4 Å². The van der Waals surface area contributed by atoms with Crippen LogP contribution in [0.1, 0.15) is 34.7 Å². The largest absolute Gasteiger partial charge is 0.507 e. The maximum absolute atomic E-state index is 13.4. The summed E-state index contributed by atoms with van der Waals surface area (Å²) in [5.41, 5.74) is 3.78. The summed E-state index contributed by atoms with van der Waals surface area (Å²) < 4.78 is 11.0. The van der Waals surface area contributed by atoms with E-state index < -0.39 is 17.7 Å². The summed E-state index contributed by atoms with van der Waals surface area (Å²) in [5, 5.41) is 11.4. The highest BCUT2D eigenvalue weighted by Crippen LogP contribution is 2.43. The lowest BCUT2D eigenvalue weighted by molar-refractivity contribution is -0.132. The number of rotatable bonds is 4. The van der Waals surface area contributed by atoms with Gasteiger partial charge in [0.1, 0.15) is 17.3 Å². The van der Waals surface area contributed by atoms with Gasteiger partial charge in [0.2, 0.25) is 0 Å². The number of anilines is 1. The third-order valence-electron chi connectivity index (χ3n) is 6.32. The summed E-state index contributed by atoms with van der Waals surface area (Å²) in [5.74, 6) is -0.251. The van der Waals surface area contributed by atoms with Crippen LogP contribution in [0.2, 0.25) is 0 Å². The number of amides is 1. The number of fused-ring (bicyclic) bond motifs is 1. The van der Waals surface area contributed by atoms with Gasteiger partial charge in [0.05, 0.1) is 25.3 Å². The number of carbonyl (C=O) groups excluding carboxylic acids is 2. The van der Waals surface area contributed by atoms with E-state index in [1.807, 2.05) is 43.3 Å². The van der Waals surface area contributed by atoms with Crippen LogP contribution in [-0.4, -0.2) is 30.5 Å². The van der Waals surface area contributed by atoms with Gasteiger partial charge in [0.25, 0.3) is 11.7 Å². The predicted octanol–water partition coefficient (Wildman–Crippen LogP) is 4.95. The molecule has 0 aromatic heterocycles. The van der Waals surface area contributed by atoms with Crippen LogP contribution in [0.15, 0.2) is 72.3 Å². The molecule has 3 aromatic carbocycles. The number of aliphatic hydroxyl groups excluding tert-OH is 1. The summed E-state index contributed by atoms with van der Waals surface area (Å²) in [7, 11) is 1.55. The molecule has 0 saturated carbocycles. The van der Waals surface area contributed by atoms with Crippen molar-refractivity contribution < 1.29 is 24.2 Å². The number of hydrogen-bond acceptors (Lipinski definition) is 5. The lowest BCUT2D eigenvalue weighted by atomic mass is 9.93. The number of ether oxygens (including phenoxy) is 2. The number of aliphatic hydroxyl groups is 1. The van der Waals surface area contributed by atoms with Crippen LogP contribution in [0.4, 0.5) is 5.69 Å². The van der Waals surface area contributed by atoms with Gasteiger partial charge in [0, 0.05) is 17.3 Å². The third-order valence-corrected chi connectivity index (χ3v) is 6.32. The Balaban J connectivity index is 1.70. The number of aryl methyl sites for hydroxylation is 2. The van der Waals surface area contributed by atoms with Crippen molar-refractivity contribution in [3.63, 3.8) is 0 Å². The zero-order chi connectivity index (χ0) is 23.8. The molecule has 1 amide bonds. The molecule has 1 N–H and O–H groups in total. The summed E-state index contributed by atoms with van der Waals surface area (Å²) in [4.78, 5) is 28.1. The second-order valence-electron chi connectivity index (χ2n) is 8.56. The molecular formula is C28H25NO5. The number of ketones is 1. The summed E-state index contributed by atoms with van der Waals surface area (Å²) >= 11 is 0. The topological polar surface area (TPSA) is 76.1 Å². The minimum Gasteiger partial charge on any atom is -0.507 e. The molecule has 1 atom stereocenters. The first-order valence-corrected chi connectivity index (χ1v) is 11.3. The van der Waals surface area contributed by atoms with Crippen molar-refractivity contribution in [1.82, 2.24) is 0 Å². The molecule has 172 valence electrons. The second kappa shape index (κ2) is 8.71. The molecule has 5 rings (SSSR count). The minimum absolute atomic E-state index is 0.0649. The fourth-order valence-electron chi connectivity index (χ4n) is 4.68. The van der Waals surface area contributed by atoms with E-state index in [9.17, 15) is 14.7 Å². The Labute approximate surface area is 198 Å². The van der Waals surface area contributed by atoms with Crippen molar-refractivity contribution in [3.05, 3.63) is 94.6 Å². The van der Waals surface area contributed by atoms with E-state index in [-0.39, 0.29) is 11.3 Å². The molecule has 2 aliphatic rings. The molecule has 0 bridgehead atoms. The van der Waals surface area contributed by atoms with Crippen LogP contribution in [0.25, 0.3) is 5.76 Å². The highest BCUT2D eigenvalue weighted by Gasteiger charge is 2.47. The van der Waals surface area contributed by atoms with E-state index in [1.165, 1.54) is 4.90 Å². The van der Waals surface area contributed by atoms with Crippen molar-refractivity contribution in [2.45, 2.75) is 25.8 Å². The first kappa shape index (κ1) is 21.8. The fraction of sp³-hybridized carbons (Fsp3) is 0.214. The fourth-order valence-corrected chi connectivity index (χ4v) is 4.68. The second-order valence-corrected chi connectivity index (χ2v) is 8.56. The quantitative estimate of drug-likeness (QED) is 0.342. The number of Topliss-reactive ketones (excluding diaryl/α,β-unsaturated/α-hetero) is 1. The maximum Gasteiger partial charge on any atom is 0.300 e. The van der Waals surface area contributed by atoms with Crippen molar-refractivity contribution in [2.75, 3.05) is 18.6 Å². The van der Waals surface area contributed by atoms with Gasteiger partial charge in [-0.05, 0) is 61.2 Å². The van der Waals surface area contributed by atoms with Crippen LogP contribution in [0.3, 0.4) is 0 Å².